The third-order valence-corrected chi connectivity index (χ3v) is 4.44. The van der Waals surface area contributed by atoms with Crippen LogP contribution in [0.2, 0.25) is 0 Å². The number of nitrogens with zero attached hydrogens (tertiary/aromatic N) is 1. The lowest BCUT2D eigenvalue weighted by molar-refractivity contribution is 0.0697. The molecule has 2 aliphatic rings. The number of piperidine rings is 1. The van der Waals surface area contributed by atoms with Crippen LogP contribution in [0.3, 0.4) is 0 Å². The summed E-state index contributed by atoms with van der Waals surface area (Å²) < 4.78 is 0. The van der Waals surface area contributed by atoms with Gasteiger partial charge in [-0.2, -0.15) is 0 Å². The van der Waals surface area contributed by atoms with E-state index in [1.165, 1.54) is 51.7 Å². The van der Waals surface area contributed by atoms with Crippen LogP contribution in [0, 0.1) is 5.92 Å². The molecule has 2 rings (SSSR count). The van der Waals surface area contributed by atoms with Crippen LogP contribution in [0.15, 0.2) is 0 Å². The van der Waals surface area contributed by atoms with Gasteiger partial charge in [-0.15, -0.1) is 0 Å². The molecule has 2 nitrogen and oxygen atoms in total. The average molecular weight is 210 g/mol. The van der Waals surface area contributed by atoms with E-state index in [4.69, 9.17) is 0 Å². The Morgan fingerprint density at radius 2 is 1.80 bits per heavy atom. The van der Waals surface area contributed by atoms with Crippen LogP contribution in [-0.4, -0.2) is 36.6 Å². The normalized spacial score (nSPS) is 36.6. The van der Waals surface area contributed by atoms with Gasteiger partial charge in [0, 0.05) is 12.1 Å². The second-order valence-corrected chi connectivity index (χ2v) is 5.09. The monoisotopic (exact) mass is 210 g/mol. The molecule has 0 spiro atoms. The summed E-state index contributed by atoms with van der Waals surface area (Å²) in [5.74, 6) is 0.937. The minimum absolute atomic E-state index is 0.832. The van der Waals surface area contributed by atoms with Gasteiger partial charge in [0.05, 0.1) is 0 Å². The summed E-state index contributed by atoms with van der Waals surface area (Å²) in [5.41, 5.74) is 0. The van der Waals surface area contributed by atoms with E-state index in [0.29, 0.717) is 0 Å². The van der Waals surface area contributed by atoms with E-state index in [1.807, 2.05) is 0 Å². The van der Waals surface area contributed by atoms with Gasteiger partial charge < -0.3 is 10.2 Å². The Hall–Kier alpha value is -0.0800. The largest absolute Gasteiger partial charge is 0.314 e. The smallest absolute Gasteiger partial charge is 0.0150 e. The zero-order chi connectivity index (χ0) is 10.7. The lowest BCUT2D eigenvalue weighted by Crippen LogP contribution is -2.55. The summed E-state index contributed by atoms with van der Waals surface area (Å²) >= 11 is 0. The molecule has 15 heavy (non-hydrogen) atoms. The van der Waals surface area contributed by atoms with Crippen LogP contribution in [0.4, 0.5) is 0 Å². The van der Waals surface area contributed by atoms with Crippen molar-refractivity contribution in [3.05, 3.63) is 0 Å². The van der Waals surface area contributed by atoms with Crippen LogP contribution in [0.5, 0.6) is 0 Å². The molecule has 0 unspecified atom stereocenters. The van der Waals surface area contributed by atoms with Gasteiger partial charge in [-0.05, 0) is 44.8 Å². The maximum Gasteiger partial charge on any atom is 0.0150 e. The molecule has 1 N–H and O–H groups in total. The first kappa shape index (κ1) is 11.4. The molecule has 3 atom stereocenters. The summed E-state index contributed by atoms with van der Waals surface area (Å²) in [5, 5.41) is 3.73. The summed E-state index contributed by atoms with van der Waals surface area (Å²) in [4.78, 5) is 2.68. The second kappa shape index (κ2) is 5.31. The lowest BCUT2D eigenvalue weighted by atomic mass is 9.76. The Morgan fingerprint density at radius 3 is 2.53 bits per heavy atom. The third kappa shape index (κ3) is 2.36. The molecule has 0 aromatic heterocycles. The minimum atomic E-state index is 0.832. The van der Waals surface area contributed by atoms with E-state index >= 15 is 0 Å². The van der Waals surface area contributed by atoms with Crippen molar-refractivity contribution in [3.8, 4) is 0 Å². The van der Waals surface area contributed by atoms with Gasteiger partial charge in [0.1, 0.15) is 0 Å². The standard InChI is InChI=1S/C13H26N2/c1-3-15(4-2)13-9-10-14-12-8-6-5-7-11(12)13/h11-14H,3-10H2,1-2H3/t11-,12-,13+/m0/s1. The van der Waals surface area contributed by atoms with E-state index in [-0.39, 0.29) is 0 Å². The molecular formula is C13H26N2. The van der Waals surface area contributed by atoms with Gasteiger partial charge in [-0.3, -0.25) is 0 Å². The predicted octanol–water partition coefficient (Wildman–Crippen LogP) is 2.25. The molecule has 0 aromatic carbocycles. The maximum atomic E-state index is 3.73. The van der Waals surface area contributed by atoms with Gasteiger partial charge in [0.25, 0.3) is 0 Å². The van der Waals surface area contributed by atoms with Crippen LogP contribution in [-0.2, 0) is 0 Å². The topological polar surface area (TPSA) is 15.3 Å². The molecule has 2 fully saturated rings. The SMILES string of the molecule is CCN(CC)[C@@H]1CCN[C@H]2CCCC[C@@H]21. The average Bonchev–Trinajstić information content (AvgIpc) is 2.31. The van der Waals surface area contributed by atoms with Crippen LogP contribution < -0.4 is 5.32 Å². The Morgan fingerprint density at radius 1 is 1.07 bits per heavy atom. The molecule has 1 heterocycles. The summed E-state index contributed by atoms with van der Waals surface area (Å²) in [6.07, 6.45) is 7.14. The molecule has 1 saturated carbocycles. The highest BCUT2D eigenvalue weighted by Gasteiger charge is 2.36. The molecular weight excluding hydrogens is 184 g/mol. The molecule has 88 valence electrons. The first-order valence-corrected chi connectivity index (χ1v) is 6.84. The lowest BCUT2D eigenvalue weighted by Gasteiger charge is -2.46. The van der Waals surface area contributed by atoms with Crippen molar-refractivity contribution < 1.29 is 0 Å². The Balaban J connectivity index is 2.02. The van der Waals surface area contributed by atoms with Gasteiger partial charge >= 0.3 is 0 Å². The molecule has 0 amide bonds. The van der Waals surface area contributed by atoms with Gasteiger partial charge in [-0.25, -0.2) is 0 Å². The quantitative estimate of drug-likeness (QED) is 0.768. The van der Waals surface area contributed by atoms with Gasteiger partial charge in [-0.1, -0.05) is 26.7 Å². The highest BCUT2D eigenvalue weighted by atomic mass is 15.2. The fourth-order valence-corrected chi connectivity index (χ4v) is 3.65. The van der Waals surface area contributed by atoms with E-state index < -0.39 is 0 Å². The maximum absolute atomic E-state index is 3.73. The third-order valence-electron chi connectivity index (χ3n) is 4.44. The minimum Gasteiger partial charge on any atom is -0.314 e. The molecule has 2 heteroatoms. The van der Waals surface area contributed by atoms with E-state index in [1.54, 1.807) is 0 Å². The highest BCUT2D eigenvalue weighted by molar-refractivity contribution is 4.94. The molecule has 1 aliphatic carbocycles. The number of hydrogen-bond acceptors (Lipinski definition) is 2. The molecule has 0 aromatic rings. The van der Waals surface area contributed by atoms with Crippen molar-refractivity contribution in [2.45, 2.75) is 58.0 Å². The van der Waals surface area contributed by atoms with Crippen molar-refractivity contribution >= 4 is 0 Å². The molecule has 0 radical (unpaired) electrons. The van der Waals surface area contributed by atoms with E-state index in [9.17, 15) is 0 Å². The Kier molecular flexibility index (Phi) is 4.04. The van der Waals surface area contributed by atoms with E-state index in [0.717, 1.165) is 18.0 Å². The molecule has 1 saturated heterocycles. The summed E-state index contributed by atoms with van der Waals surface area (Å²) in [6, 6.07) is 1.70. The van der Waals surface area contributed by atoms with Crippen molar-refractivity contribution in [2.24, 2.45) is 5.92 Å². The molecule has 1 aliphatic heterocycles. The van der Waals surface area contributed by atoms with Crippen molar-refractivity contribution in [2.75, 3.05) is 19.6 Å². The van der Waals surface area contributed by atoms with Crippen LogP contribution >= 0.6 is 0 Å². The summed E-state index contributed by atoms with van der Waals surface area (Å²) in [6.45, 7) is 8.31. The zero-order valence-electron chi connectivity index (χ0n) is 10.3. The zero-order valence-corrected chi connectivity index (χ0v) is 10.3. The Labute approximate surface area is 94.4 Å². The van der Waals surface area contributed by atoms with Gasteiger partial charge in [0.15, 0.2) is 0 Å². The number of fused-ring (bicyclic) bond motifs is 1. The molecule has 0 bridgehead atoms. The first-order valence-electron chi connectivity index (χ1n) is 6.84. The fraction of sp³-hybridized carbons (Fsp3) is 1.00. The van der Waals surface area contributed by atoms with E-state index in [2.05, 4.69) is 24.1 Å². The number of hydrogen-bond donors (Lipinski definition) is 1. The van der Waals surface area contributed by atoms with Crippen LogP contribution in [0.1, 0.15) is 46.0 Å². The summed E-state index contributed by atoms with van der Waals surface area (Å²) in [7, 11) is 0. The first-order chi connectivity index (χ1) is 7.36. The number of rotatable bonds is 3. The van der Waals surface area contributed by atoms with Crippen molar-refractivity contribution in [3.63, 3.8) is 0 Å². The Bertz CT molecular complexity index is 187. The fourth-order valence-electron chi connectivity index (χ4n) is 3.65. The van der Waals surface area contributed by atoms with Crippen molar-refractivity contribution in [1.29, 1.82) is 0 Å². The number of nitrogens with one attached hydrogen (secondary N) is 1. The van der Waals surface area contributed by atoms with Crippen molar-refractivity contribution in [1.82, 2.24) is 10.2 Å². The second-order valence-electron chi connectivity index (χ2n) is 5.09. The highest BCUT2D eigenvalue weighted by Crippen LogP contribution is 2.33. The van der Waals surface area contributed by atoms with Crippen LogP contribution in [0.25, 0.3) is 0 Å². The predicted molar refractivity (Wildman–Crippen MR) is 65.1 cm³/mol. The van der Waals surface area contributed by atoms with Gasteiger partial charge in [0.2, 0.25) is 0 Å².